The zero-order chi connectivity index (χ0) is 18.9. The Kier molecular flexibility index (Phi) is 4.84. The van der Waals surface area contributed by atoms with Crippen LogP contribution in [0.2, 0.25) is 0 Å². The summed E-state index contributed by atoms with van der Waals surface area (Å²) in [5.41, 5.74) is 0.0458. The Labute approximate surface area is 148 Å². The molecule has 0 radical (unpaired) electrons. The zero-order valence-corrected chi connectivity index (χ0v) is 14.3. The fourth-order valence-electron chi connectivity index (χ4n) is 2.73. The van der Waals surface area contributed by atoms with E-state index in [0.29, 0.717) is 11.3 Å². The van der Waals surface area contributed by atoms with Crippen molar-refractivity contribution in [3.8, 4) is 0 Å². The number of benzene rings is 1. The summed E-state index contributed by atoms with van der Waals surface area (Å²) in [6, 6.07) is 5.09. The molecule has 1 aromatic heterocycles. The van der Waals surface area contributed by atoms with E-state index in [9.17, 15) is 18.0 Å². The predicted molar refractivity (Wildman–Crippen MR) is 87.5 cm³/mol. The van der Waals surface area contributed by atoms with E-state index >= 15 is 0 Å². The quantitative estimate of drug-likeness (QED) is 0.816. The van der Waals surface area contributed by atoms with Crippen LogP contribution in [0.3, 0.4) is 0 Å². The number of nitrogens with zero attached hydrogens (tertiary/aromatic N) is 3. The summed E-state index contributed by atoms with van der Waals surface area (Å²) in [4.78, 5) is 21.5. The third-order valence-corrected chi connectivity index (χ3v) is 4.15. The molecule has 1 amide bonds. The average molecular weight is 365 g/mol. The van der Waals surface area contributed by atoms with Gasteiger partial charge in [-0.25, -0.2) is 14.8 Å². The Morgan fingerprint density at radius 2 is 1.92 bits per heavy atom. The topological polar surface area (TPSA) is 55.3 Å². The van der Waals surface area contributed by atoms with Crippen LogP contribution in [0, 0.1) is 0 Å². The molecule has 1 atom stereocenters. The van der Waals surface area contributed by atoms with Crippen molar-refractivity contribution < 1.29 is 22.7 Å². The van der Waals surface area contributed by atoms with E-state index in [0.717, 1.165) is 18.9 Å². The van der Waals surface area contributed by atoms with Gasteiger partial charge in [0.05, 0.1) is 11.3 Å². The van der Waals surface area contributed by atoms with Gasteiger partial charge in [-0.3, -0.25) is 0 Å². The Hall–Kier alpha value is -2.64. The van der Waals surface area contributed by atoms with Crippen LogP contribution in [0.4, 0.5) is 18.0 Å². The Bertz CT molecular complexity index is 804. The second-order valence-electron chi connectivity index (χ2n) is 6.38. The Morgan fingerprint density at radius 3 is 2.54 bits per heavy atom. The lowest BCUT2D eigenvalue weighted by molar-refractivity contribution is -0.139. The number of ether oxygens (including phenoxy) is 1. The predicted octanol–water partition coefficient (Wildman–Crippen LogP) is 4.16. The van der Waals surface area contributed by atoms with E-state index in [1.165, 1.54) is 49.7 Å². The summed E-state index contributed by atoms with van der Waals surface area (Å²) in [5, 5.41) is 0. The Balaban J connectivity index is 2.13. The van der Waals surface area contributed by atoms with Gasteiger partial charge in [-0.2, -0.15) is 13.2 Å². The maximum absolute atomic E-state index is 13.5. The highest BCUT2D eigenvalue weighted by atomic mass is 19.4. The van der Waals surface area contributed by atoms with Gasteiger partial charge in [0.25, 0.3) is 0 Å². The van der Waals surface area contributed by atoms with Crippen molar-refractivity contribution in [3.63, 3.8) is 0 Å². The number of hydrogen-bond acceptors (Lipinski definition) is 4. The number of aromatic nitrogens is 2. The first kappa shape index (κ1) is 18.2. The molecule has 1 aliphatic rings. The highest BCUT2D eigenvalue weighted by Crippen LogP contribution is 2.45. The van der Waals surface area contributed by atoms with Crippen LogP contribution < -0.4 is 0 Å². The molecule has 26 heavy (non-hydrogen) atoms. The lowest BCUT2D eigenvalue weighted by atomic mass is 9.95. The molecule has 0 saturated heterocycles. The number of amides is 1. The highest BCUT2D eigenvalue weighted by Gasteiger charge is 2.39. The van der Waals surface area contributed by atoms with Gasteiger partial charge >= 0.3 is 12.3 Å². The summed E-state index contributed by atoms with van der Waals surface area (Å²) in [7, 11) is 2.94. The van der Waals surface area contributed by atoms with Gasteiger partial charge in [-0.15, -0.1) is 0 Å². The first-order valence-corrected chi connectivity index (χ1v) is 8.13. The Morgan fingerprint density at radius 1 is 1.23 bits per heavy atom. The third-order valence-electron chi connectivity index (χ3n) is 4.15. The smallest absolute Gasteiger partial charge is 0.416 e. The lowest BCUT2D eigenvalue weighted by Gasteiger charge is -2.25. The van der Waals surface area contributed by atoms with Crippen LogP contribution in [0.25, 0.3) is 0 Å². The highest BCUT2D eigenvalue weighted by molar-refractivity contribution is 5.68. The molecule has 1 aromatic carbocycles. The monoisotopic (exact) mass is 365 g/mol. The van der Waals surface area contributed by atoms with Gasteiger partial charge < -0.3 is 9.64 Å². The van der Waals surface area contributed by atoms with Crippen LogP contribution in [0.15, 0.2) is 36.8 Å². The molecule has 0 aliphatic heterocycles. The molecular weight excluding hydrogens is 347 g/mol. The van der Waals surface area contributed by atoms with E-state index in [1.54, 1.807) is 0 Å². The normalized spacial score (nSPS) is 15.4. The van der Waals surface area contributed by atoms with Crippen LogP contribution in [0.5, 0.6) is 0 Å². The molecule has 1 aliphatic carbocycles. The van der Waals surface area contributed by atoms with E-state index < -0.39 is 23.9 Å². The number of halogens is 3. The minimum absolute atomic E-state index is 0.132. The number of hydrogen-bond donors (Lipinski definition) is 0. The molecule has 3 rings (SSSR count). The standard InChI is InChI=1S/C18H18F3N3O2/c1-24(2)17(25)26-16(12-5-3-4-6-14(12)18(19,20)21)13-9-22-10-23-15(13)11-7-8-11/h3-6,9-11,16H,7-8H2,1-2H3. The largest absolute Gasteiger partial charge is 0.436 e. The molecule has 1 fully saturated rings. The zero-order valence-electron chi connectivity index (χ0n) is 14.3. The van der Waals surface area contributed by atoms with E-state index in [4.69, 9.17) is 4.74 Å². The average Bonchev–Trinajstić information content (AvgIpc) is 3.43. The molecule has 0 N–H and O–H groups in total. The van der Waals surface area contributed by atoms with Gasteiger partial charge in [0.15, 0.2) is 6.10 Å². The third kappa shape index (κ3) is 3.79. The van der Waals surface area contributed by atoms with Crippen molar-refractivity contribution in [3.05, 3.63) is 59.2 Å². The fraction of sp³-hybridized carbons (Fsp3) is 0.389. The summed E-state index contributed by atoms with van der Waals surface area (Å²) in [5.74, 6) is 0.159. The summed E-state index contributed by atoms with van der Waals surface area (Å²) in [6.07, 6.45) is -1.95. The van der Waals surface area contributed by atoms with E-state index in [-0.39, 0.29) is 11.5 Å². The van der Waals surface area contributed by atoms with Crippen LogP contribution in [-0.2, 0) is 10.9 Å². The molecule has 1 saturated carbocycles. The van der Waals surface area contributed by atoms with Gasteiger partial charge in [-0.05, 0) is 18.9 Å². The first-order valence-electron chi connectivity index (χ1n) is 8.13. The molecule has 138 valence electrons. The van der Waals surface area contributed by atoms with Crippen LogP contribution in [0.1, 0.15) is 47.2 Å². The molecule has 0 spiro atoms. The number of carbonyl (C=O) groups excluding carboxylic acids is 1. The van der Waals surface area contributed by atoms with Gasteiger partial charge in [0.1, 0.15) is 6.33 Å². The number of carbonyl (C=O) groups is 1. The van der Waals surface area contributed by atoms with Crippen molar-refractivity contribution in [2.75, 3.05) is 14.1 Å². The van der Waals surface area contributed by atoms with E-state index in [2.05, 4.69) is 9.97 Å². The van der Waals surface area contributed by atoms with Crippen molar-refractivity contribution in [2.24, 2.45) is 0 Å². The van der Waals surface area contributed by atoms with Crippen LogP contribution in [-0.4, -0.2) is 35.1 Å². The molecule has 2 aromatic rings. The van der Waals surface area contributed by atoms with Crippen molar-refractivity contribution in [1.29, 1.82) is 0 Å². The maximum Gasteiger partial charge on any atom is 0.416 e. The minimum Gasteiger partial charge on any atom is -0.436 e. The first-order chi connectivity index (χ1) is 12.3. The van der Waals surface area contributed by atoms with Gasteiger partial charge in [0.2, 0.25) is 0 Å². The van der Waals surface area contributed by atoms with Gasteiger partial charge in [0, 0.05) is 37.3 Å². The molecule has 1 heterocycles. The van der Waals surface area contributed by atoms with Crippen molar-refractivity contribution >= 4 is 6.09 Å². The maximum atomic E-state index is 13.5. The fourth-order valence-corrected chi connectivity index (χ4v) is 2.73. The second-order valence-corrected chi connectivity index (χ2v) is 6.38. The van der Waals surface area contributed by atoms with Crippen molar-refractivity contribution in [2.45, 2.75) is 31.0 Å². The van der Waals surface area contributed by atoms with Crippen LogP contribution >= 0.6 is 0 Å². The molecule has 0 bridgehead atoms. The molecular formula is C18H18F3N3O2. The van der Waals surface area contributed by atoms with E-state index in [1.807, 2.05) is 0 Å². The van der Waals surface area contributed by atoms with Crippen molar-refractivity contribution in [1.82, 2.24) is 14.9 Å². The second kappa shape index (κ2) is 6.93. The molecule has 1 unspecified atom stereocenters. The van der Waals surface area contributed by atoms with Gasteiger partial charge in [-0.1, -0.05) is 18.2 Å². The number of rotatable bonds is 4. The summed E-state index contributed by atoms with van der Waals surface area (Å²) < 4.78 is 46.0. The molecule has 5 nitrogen and oxygen atoms in total. The summed E-state index contributed by atoms with van der Waals surface area (Å²) in [6.45, 7) is 0. The minimum atomic E-state index is -4.57. The SMILES string of the molecule is CN(C)C(=O)OC(c1ccccc1C(F)(F)F)c1cncnc1C1CC1. The molecule has 8 heteroatoms. The lowest BCUT2D eigenvalue weighted by Crippen LogP contribution is -2.27. The number of alkyl halides is 3. The summed E-state index contributed by atoms with van der Waals surface area (Å²) >= 11 is 0.